The normalized spacial score (nSPS) is 20.9. The first kappa shape index (κ1) is 20.8. The van der Waals surface area contributed by atoms with Crippen LogP contribution in [-0.4, -0.2) is 41.3 Å². The fourth-order valence-electron chi connectivity index (χ4n) is 4.78. The van der Waals surface area contributed by atoms with Gasteiger partial charge >= 0.3 is 0 Å². The molecule has 4 rings (SSSR count). The van der Waals surface area contributed by atoms with Gasteiger partial charge in [-0.2, -0.15) is 4.98 Å². The van der Waals surface area contributed by atoms with E-state index < -0.39 is 0 Å². The van der Waals surface area contributed by atoms with Crippen LogP contribution in [0.1, 0.15) is 49.8 Å². The minimum Gasteiger partial charge on any atom is -0.376 e. The van der Waals surface area contributed by atoms with E-state index in [1.165, 1.54) is 24.1 Å². The number of hydrogen-bond donors (Lipinski definition) is 2. The van der Waals surface area contributed by atoms with Crippen molar-refractivity contribution in [3.8, 4) is 0 Å². The highest BCUT2D eigenvalue weighted by Gasteiger charge is 2.28. The minimum atomic E-state index is 0.338. The molecule has 3 N–H and O–H groups in total. The molecule has 1 heterocycles. The number of hydrogen-bond acceptors (Lipinski definition) is 5. The average molecular weight is 425 g/mol. The van der Waals surface area contributed by atoms with E-state index in [1.807, 2.05) is 18.2 Å². The molecule has 2 aromatic rings. The number of aromatic nitrogens is 2. The van der Waals surface area contributed by atoms with Crippen LogP contribution in [0.4, 0.5) is 17.5 Å². The Morgan fingerprint density at radius 2 is 1.73 bits per heavy atom. The molecule has 0 aliphatic heterocycles. The smallest absolute Gasteiger partial charge is 0.225 e. The Labute approximate surface area is 184 Å². The summed E-state index contributed by atoms with van der Waals surface area (Å²) in [6, 6.07) is 10.9. The molecule has 1 aromatic heterocycles. The van der Waals surface area contributed by atoms with Gasteiger partial charge in [-0.1, -0.05) is 18.2 Å². The van der Waals surface area contributed by atoms with Crippen molar-refractivity contribution in [3.05, 3.63) is 41.6 Å². The van der Waals surface area contributed by atoms with Gasteiger partial charge in [0.05, 0.1) is 5.69 Å². The Bertz CT molecular complexity index is 877. The van der Waals surface area contributed by atoms with Gasteiger partial charge in [-0.3, -0.25) is 0 Å². The van der Waals surface area contributed by atoms with E-state index in [0.717, 1.165) is 56.0 Å². The molecule has 6 nitrogen and oxygen atoms in total. The monoisotopic (exact) mass is 424 g/mol. The lowest BCUT2D eigenvalue weighted by molar-refractivity contribution is 0.409. The highest BCUT2D eigenvalue weighted by Crippen LogP contribution is 2.31. The summed E-state index contributed by atoms with van der Waals surface area (Å²) in [6.07, 6.45) is 8.76. The molecule has 0 saturated heterocycles. The third-order valence-corrected chi connectivity index (χ3v) is 6.45. The quantitative estimate of drug-likeness (QED) is 0.706. The maximum Gasteiger partial charge on any atom is 0.225 e. The van der Waals surface area contributed by atoms with Crippen molar-refractivity contribution in [2.24, 2.45) is 5.73 Å². The lowest BCUT2D eigenvalue weighted by atomic mass is 9.90. The van der Waals surface area contributed by atoms with E-state index in [9.17, 15) is 0 Å². The Balaban J connectivity index is 1.44. The Morgan fingerprint density at radius 1 is 1.03 bits per heavy atom. The van der Waals surface area contributed by atoms with Gasteiger partial charge in [-0.05, 0) is 75.7 Å². The van der Waals surface area contributed by atoms with Gasteiger partial charge in [0.25, 0.3) is 0 Å². The van der Waals surface area contributed by atoms with Gasteiger partial charge < -0.3 is 20.9 Å². The molecule has 1 aromatic carbocycles. The molecular formula is C23H32N6S. The Kier molecular flexibility index (Phi) is 6.37. The predicted octanol–water partition coefficient (Wildman–Crippen LogP) is 3.89. The molecule has 2 aliphatic rings. The molecule has 0 radical (unpaired) electrons. The second-order valence-electron chi connectivity index (χ2n) is 8.59. The molecule has 30 heavy (non-hydrogen) atoms. The van der Waals surface area contributed by atoms with Crippen LogP contribution in [-0.2, 0) is 12.8 Å². The minimum absolute atomic E-state index is 0.338. The molecule has 0 bridgehead atoms. The summed E-state index contributed by atoms with van der Waals surface area (Å²) in [4.78, 5) is 14.0. The molecule has 0 amide bonds. The molecule has 2 aliphatic carbocycles. The summed E-state index contributed by atoms with van der Waals surface area (Å²) >= 11 is 5.37. The summed E-state index contributed by atoms with van der Waals surface area (Å²) in [5.74, 6) is 1.84. The molecule has 1 saturated carbocycles. The molecule has 1 fully saturated rings. The number of benzene rings is 1. The van der Waals surface area contributed by atoms with Crippen molar-refractivity contribution in [2.75, 3.05) is 29.2 Å². The number of nitrogens with two attached hydrogens (primary N) is 1. The Hall–Kier alpha value is -2.41. The van der Waals surface area contributed by atoms with E-state index >= 15 is 0 Å². The van der Waals surface area contributed by atoms with Gasteiger partial charge in [-0.15, -0.1) is 0 Å². The van der Waals surface area contributed by atoms with Gasteiger partial charge in [0.1, 0.15) is 5.82 Å². The van der Waals surface area contributed by atoms with E-state index in [4.69, 9.17) is 27.9 Å². The van der Waals surface area contributed by atoms with Crippen molar-refractivity contribution in [1.29, 1.82) is 0 Å². The van der Waals surface area contributed by atoms with Crippen LogP contribution in [0.15, 0.2) is 30.3 Å². The zero-order chi connectivity index (χ0) is 21.1. The van der Waals surface area contributed by atoms with Crippen LogP contribution in [0, 0.1) is 0 Å². The van der Waals surface area contributed by atoms with Crippen molar-refractivity contribution in [2.45, 2.75) is 63.5 Å². The highest BCUT2D eigenvalue weighted by molar-refractivity contribution is 7.80. The molecule has 7 heteroatoms. The average Bonchev–Trinajstić information content (AvgIpc) is 2.75. The van der Waals surface area contributed by atoms with Crippen LogP contribution in [0.25, 0.3) is 0 Å². The maximum atomic E-state index is 6.08. The second-order valence-corrected chi connectivity index (χ2v) is 9.01. The molecule has 0 atom stereocenters. The predicted molar refractivity (Wildman–Crippen MR) is 128 cm³/mol. The topological polar surface area (TPSA) is 70.3 Å². The lowest BCUT2D eigenvalue weighted by Gasteiger charge is -2.37. The van der Waals surface area contributed by atoms with Crippen molar-refractivity contribution < 1.29 is 0 Å². The third-order valence-electron chi connectivity index (χ3n) is 6.25. The molecule has 0 spiro atoms. The maximum absolute atomic E-state index is 6.08. The number of rotatable bonds is 5. The van der Waals surface area contributed by atoms with E-state index in [0.29, 0.717) is 17.2 Å². The van der Waals surface area contributed by atoms with E-state index in [2.05, 4.69) is 41.3 Å². The van der Waals surface area contributed by atoms with Crippen LogP contribution in [0.2, 0.25) is 0 Å². The number of anilines is 3. The number of para-hydroxylation sites is 1. The van der Waals surface area contributed by atoms with Gasteiger partial charge in [0.15, 0.2) is 5.11 Å². The van der Waals surface area contributed by atoms with E-state index in [-0.39, 0.29) is 0 Å². The SMILES string of the molecule is CN(C)c1nc(N[C@H]2CC[C@@H](N(C(N)=S)c3ccccc3)CC2)nc2c1CCCC2. The lowest BCUT2D eigenvalue weighted by Crippen LogP contribution is -2.46. The first-order valence-corrected chi connectivity index (χ1v) is 11.4. The Morgan fingerprint density at radius 3 is 2.40 bits per heavy atom. The van der Waals surface area contributed by atoms with Gasteiger partial charge in [-0.25, -0.2) is 4.98 Å². The van der Waals surface area contributed by atoms with E-state index in [1.54, 1.807) is 0 Å². The summed E-state index contributed by atoms with van der Waals surface area (Å²) in [7, 11) is 4.14. The first-order chi connectivity index (χ1) is 14.5. The second kappa shape index (κ2) is 9.16. The van der Waals surface area contributed by atoms with Gasteiger partial charge in [0, 0.05) is 37.4 Å². The number of fused-ring (bicyclic) bond motifs is 1. The number of aryl methyl sites for hydroxylation is 1. The van der Waals surface area contributed by atoms with Crippen molar-refractivity contribution in [1.82, 2.24) is 9.97 Å². The number of thiocarbonyl (C=S) groups is 1. The summed E-state index contributed by atoms with van der Waals surface area (Å²) in [6.45, 7) is 0. The summed E-state index contributed by atoms with van der Waals surface area (Å²) in [5.41, 5.74) is 9.71. The zero-order valence-electron chi connectivity index (χ0n) is 18.0. The largest absolute Gasteiger partial charge is 0.376 e. The molecule has 0 unspecified atom stereocenters. The third kappa shape index (κ3) is 4.51. The fraction of sp³-hybridized carbons (Fsp3) is 0.522. The fourth-order valence-corrected chi connectivity index (χ4v) is 5.03. The standard InChI is InChI=1S/C23H32N6S/c1-28(2)21-19-10-6-7-11-20(19)26-23(27-21)25-16-12-14-18(15-13-16)29(22(24)30)17-8-4-3-5-9-17/h3-5,8-9,16,18H,6-7,10-15H2,1-2H3,(H2,24,30)(H,25,26,27)/t16-,18+. The zero-order valence-corrected chi connectivity index (χ0v) is 18.8. The van der Waals surface area contributed by atoms with Gasteiger partial charge in [0.2, 0.25) is 5.95 Å². The van der Waals surface area contributed by atoms with Crippen molar-refractivity contribution in [3.63, 3.8) is 0 Å². The molecular weight excluding hydrogens is 392 g/mol. The number of nitrogens with one attached hydrogen (secondary N) is 1. The van der Waals surface area contributed by atoms with Crippen LogP contribution < -0.4 is 20.9 Å². The first-order valence-electron chi connectivity index (χ1n) is 11.0. The summed E-state index contributed by atoms with van der Waals surface area (Å²) in [5, 5.41) is 4.07. The summed E-state index contributed by atoms with van der Waals surface area (Å²) < 4.78 is 0. The van der Waals surface area contributed by atoms with Crippen LogP contribution in [0.5, 0.6) is 0 Å². The van der Waals surface area contributed by atoms with Crippen LogP contribution >= 0.6 is 12.2 Å². The molecule has 160 valence electrons. The number of nitrogens with zero attached hydrogens (tertiary/aromatic N) is 4. The van der Waals surface area contributed by atoms with Crippen LogP contribution in [0.3, 0.4) is 0 Å². The van der Waals surface area contributed by atoms with Crippen molar-refractivity contribution >= 4 is 34.8 Å². The highest BCUT2D eigenvalue weighted by atomic mass is 32.1.